The molecule has 0 heterocycles. The first-order valence-electron chi connectivity index (χ1n) is 13.2. The summed E-state index contributed by atoms with van der Waals surface area (Å²) >= 11 is 0. The van der Waals surface area contributed by atoms with Gasteiger partial charge in [0.1, 0.15) is 0 Å². The van der Waals surface area contributed by atoms with Gasteiger partial charge in [-0.25, -0.2) is 0 Å². The average Bonchev–Trinajstić information content (AvgIpc) is 3.03. The van der Waals surface area contributed by atoms with Gasteiger partial charge in [-0.15, -0.1) is 6.10 Å². The van der Waals surface area contributed by atoms with Crippen molar-refractivity contribution < 1.29 is 56.5 Å². The van der Waals surface area contributed by atoms with Gasteiger partial charge in [0.2, 0.25) is 0 Å². The van der Waals surface area contributed by atoms with Crippen LogP contribution in [0, 0.1) is 40.4 Å². The Morgan fingerprint density at radius 1 is 1.00 bits per heavy atom. The van der Waals surface area contributed by atoms with Crippen molar-refractivity contribution >= 4 is 0 Å². The van der Waals surface area contributed by atoms with Gasteiger partial charge < -0.3 is 5.11 Å². The largest absolute Gasteiger partial charge is 1.00 e. The maximum atomic E-state index is 12.1. The standard InChI is InChI=1S/C26H43O.C2H6.K/c1-18(2)7-5-6-8-19-10-12-23-22-11-9-20-17-21(27)13-15-26(20,4)24(22)14-16-25(19,23)3;1-2;/h9,18-19,21-24H,5-8,10-17H2,1-4H3;1-2H3;/q-1;;+1/t19-,21-,22?,23?,24?,25+,26-;;/m0../s1. The maximum absolute atomic E-state index is 12.1. The van der Waals surface area contributed by atoms with Crippen molar-refractivity contribution in [2.45, 2.75) is 125 Å². The zero-order valence-corrected chi connectivity index (χ0v) is 24.6. The van der Waals surface area contributed by atoms with E-state index in [0.717, 1.165) is 48.9 Å². The summed E-state index contributed by atoms with van der Waals surface area (Å²) in [7, 11) is 0. The fourth-order valence-electron chi connectivity index (χ4n) is 8.15. The Labute approximate surface area is 231 Å². The number of fused-ring (bicyclic) bond motifs is 5. The molecule has 0 bridgehead atoms. The van der Waals surface area contributed by atoms with Gasteiger partial charge in [-0.1, -0.05) is 78.9 Å². The van der Waals surface area contributed by atoms with Crippen molar-refractivity contribution in [2.75, 3.05) is 0 Å². The van der Waals surface area contributed by atoms with Gasteiger partial charge in [0.15, 0.2) is 0 Å². The van der Waals surface area contributed by atoms with E-state index in [9.17, 15) is 5.11 Å². The first kappa shape index (κ1) is 27.6. The van der Waals surface area contributed by atoms with Crippen molar-refractivity contribution in [3.05, 3.63) is 11.6 Å². The Kier molecular flexibility index (Phi) is 10.7. The van der Waals surface area contributed by atoms with Crippen LogP contribution in [-0.4, -0.2) is 6.10 Å². The third-order valence-electron chi connectivity index (χ3n) is 9.84. The van der Waals surface area contributed by atoms with Gasteiger partial charge in [0.25, 0.3) is 0 Å². The number of allylic oxidation sites excluding steroid dienone is 1. The van der Waals surface area contributed by atoms with Crippen LogP contribution in [0.1, 0.15) is 119 Å². The summed E-state index contributed by atoms with van der Waals surface area (Å²) in [4.78, 5) is 0. The van der Waals surface area contributed by atoms with Crippen LogP contribution in [0.2, 0.25) is 0 Å². The second-order valence-corrected chi connectivity index (χ2v) is 11.6. The predicted molar refractivity (Wildman–Crippen MR) is 124 cm³/mol. The molecular formula is C28H49KO. The molecule has 0 aromatic carbocycles. The van der Waals surface area contributed by atoms with Crippen LogP contribution in [0.5, 0.6) is 0 Å². The molecule has 3 fully saturated rings. The third kappa shape index (κ3) is 5.35. The van der Waals surface area contributed by atoms with Gasteiger partial charge in [0.05, 0.1) is 0 Å². The molecule has 0 amide bonds. The minimum Gasteiger partial charge on any atom is -0.852 e. The average molecular weight is 441 g/mol. The van der Waals surface area contributed by atoms with E-state index in [2.05, 4.69) is 33.8 Å². The molecule has 0 radical (unpaired) electrons. The molecule has 0 spiro atoms. The molecule has 0 aromatic heterocycles. The third-order valence-corrected chi connectivity index (χ3v) is 9.84. The van der Waals surface area contributed by atoms with Crippen LogP contribution in [0.3, 0.4) is 0 Å². The molecule has 3 unspecified atom stereocenters. The summed E-state index contributed by atoms with van der Waals surface area (Å²) in [6, 6.07) is 0. The van der Waals surface area contributed by atoms with E-state index in [0.29, 0.717) is 10.8 Å². The van der Waals surface area contributed by atoms with Crippen molar-refractivity contribution in [3.63, 3.8) is 0 Å². The molecule has 4 aliphatic carbocycles. The zero-order chi connectivity index (χ0) is 21.2. The van der Waals surface area contributed by atoms with Gasteiger partial charge in [-0.05, 0) is 91.8 Å². The van der Waals surface area contributed by atoms with Crippen LogP contribution in [0.25, 0.3) is 0 Å². The van der Waals surface area contributed by atoms with E-state index < -0.39 is 0 Å². The summed E-state index contributed by atoms with van der Waals surface area (Å²) in [5.74, 6) is 4.56. The number of hydrogen-bond acceptors (Lipinski definition) is 1. The zero-order valence-electron chi connectivity index (χ0n) is 21.4. The van der Waals surface area contributed by atoms with Crippen LogP contribution in [-0.2, 0) is 0 Å². The smallest absolute Gasteiger partial charge is 0.852 e. The van der Waals surface area contributed by atoms with E-state index >= 15 is 0 Å². The van der Waals surface area contributed by atoms with Crippen LogP contribution < -0.4 is 56.5 Å². The molecular weight excluding hydrogens is 391 g/mol. The summed E-state index contributed by atoms with van der Waals surface area (Å²) in [6.45, 7) is 13.9. The van der Waals surface area contributed by atoms with E-state index in [1.807, 2.05) is 13.8 Å². The summed E-state index contributed by atoms with van der Waals surface area (Å²) in [6.07, 6.45) is 18.1. The monoisotopic (exact) mass is 440 g/mol. The normalized spacial score (nSPS) is 42.1. The number of rotatable bonds is 5. The quantitative estimate of drug-likeness (QED) is 0.350. The molecule has 0 aliphatic heterocycles. The predicted octanol–water partition coefficient (Wildman–Crippen LogP) is 4.54. The molecule has 1 nitrogen and oxygen atoms in total. The minimum atomic E-state index is -0.323. The second kappa shape index (κ2) is 11.7. The van der Waals surface area contributed by atoms with Crippen molar-refractivity contribution in [2.24, 2.45) is 40.4 Å². The van der Waals surface area contributed by atoms with Crippen LogP contribution in [0.15, 0.2) is 11.6 Å². The Morgan fingerprint density at radius 2 is 1.73 bits per heavy atom. The molecule has 2 heteroatoms. The van der Waals surface area contributed by atoms with Crippen molar-refractivity contribution in [3.8, 4) is 0 Å². The summed E-state index contributed by atoms with van der Waals surface area (Å²) < 4.78 is 0. The number of unbranched alkanes of at least 4 members (excludes halogenated alkanes) is 1. The van der Waals surface area contributed by atoms with Crippen LogP contribution >= 0.6 is 0 Å². The molecule has 4 rings (SSSR count). The van der Waals surface area contributed by atoms with Gasteiger partial charge in [-0.2, -0.15) is 0 Å². The molecule has 30 heavy (non-hydrogen) atoms. The SMILES string of the molecule is CC.CC(C)CCCC[C@H]1CCC2C3CC=C4C[C@@H]([O-])CC[C@]4(C)C3CC[C@@]21C.[K+]. The fourth-order valence-corrected chi connectivity index (χ4v) is 8.15. The first-order valence-corrected chi connectivity index (χ1v) is 13.2. The van der Waals surface area contributed by atoms with Crippen molar-refractivity contribution in [1.29, 1.82) is 0 Å². The first-order chi connectivity index (χ1) is 13.8. The summed E-state index contributed by atoms with van der Waals surface area (Å²) in [5, 5.41) is 12.1. The summed E-state index contributed by atoms with van der Waals surface area (Å²) in [5.41, 5.74) is 2.53. The Balaban J connectivity index is 0.00000104. The van der Waals surface area contributed by atoms with E-state index in [1.165, 1.54) is 57.8 Å². The fraction of sp³-hybridized carbons (Fsp3) is 0.929. The molecule has 168 valence electrons. The molecule has 3 saturated carbocycles. The van der Waals surface area contributed by atoms with Gasteiger partial charge >= 0.3 is 51.4 Å². The van der Waals surface area contributed by atoms with E-state index in [-0.39, 0.29) is 57.5 Å². The number of hydrogen-bond donors (Lipinski definition) is 0. The molecule has 4 aliphatic rings. The topological polar surface area (TPSA) is 23.1 Å². The van der Waals surface area contributed by atoms with Gasteiger partial charge in [-0.3, -0.25) is 0 Å². The Bertz CT molecular complexity index is 569. The minimum absolute atomic E-state index is 0. The second-order valence-electron chi connectivity index (χ2n) is 11.6. The molecule has 7 atom stereocenters. The van der Waals surface area contributed by atoms with Gasteiger partial charge in [0, 0.05) is 0 Å². The Morgan fingerprint density at radius 3 is 2.43 bits per heavy atom. The Hall–Kier alpha value is 1.34. The molecule has 0 aromatic rings. The van der Waals surface area contributed by atoms with Crippen molar-refractivity contribution in [1.82, 2.24) is 0 Å². The molecule has 0 saturated heterocycles. The molecule has 0 N–H and O–H groups in total. The van der Waals surface area contributed by atoms with E-state index in [1.54, 1.807) is 5.57 Å². The van der Waals surface area contributed by atoms with E-state index in [4.69, 9.17) is 0 Å². The van der Waals surface area contributed by atoms with Crippen LogP contribution in [0.4, 0.5) is 0 Å². The maximum Gasteiger partial charge on any atom is 1.00 e.